The van der Waals surface area contributed by atoms with Crippen molar-refractivity contribution in [2.75, 3.05) is 6.54 Å². The quantitative estimate of drug-likeness (QED) is 0.788. The highest BCUT2D eigenvalue weighted by atomic mass is 32.2. The predicted octanol–water partition coefficient (Wildman–Crippen LogP) is 3.58. The van der Waals surface area contributed by atoms with E-state index in [1.54, 1.807) is 0 Å². The summed E-state index contributed by atoms with van der Waals surface area (Å²) in [4.78, 5) is 0. The minimum atomic E-state index is 0.814. The van der Waals surface area contributed by atoms with E-state index in [-0.39, 0.29) is 0 Å². The standard InChI is InChI=1S/C13H25NS/c1-2-14-12-9-5-6-10-13(12)15-11-7-3-4-8-11/h11-14H,2-10H2,1H3. The van der Waals surface area contributed by atoms with Crippen molar-refractivity contribution in [3.8, 4) is 0 Å². The Morgan fingerprint density at radius 2 is 1.67 bits per heavy atom. The van der Waals surface area contributed by atoms with Crippen LogP contribution in [0.5, 0.6) is 0 Å². The third kappa shape index (κ3) is 3.39. The van der Waals surface area contributed by atoms with E-state index in [0.29, 0.717) is 0 Å². The van der Waals surface area contributed by atoms with E-state index < -0.39 is 0 Å². The molecule has 0 saturated heterocycles. The van der Waals surface area contributed by atoms with Crippen LogP contribution in [0.4, 0.5) is 0 Å². The van der Waals surface area contributed by atoms with Crippen molar-refractivity contribution < 1.29 is 0 Å². The first-order chi connectivity index (χ1) is 7.40. The molecule has 0 amide bonds. The Morgan fingerprint density at radius 1 is 1.00 bits per heavy atom. The van der Waals surface area contributed by atoms with Crippen LogP contribution in [0.25, 0.3) is 0 Å². The zero-order chi connectivity index (χ0) is 10.5. The highest BCUT2D eigenvalue weighted by Crippen LogP contribution is 2.37. The number of nitrogens with one attached hydrogen (secondary N) is 1. The van der Waals surface area contributed by atoms with Gasteiger partial charge in [-0.15, -0.1) is 0 Å². The summed E-state index contributed by atoms with van der Waals surface area (Å²) in [6, 6.07) is 0.814. The smallest absolute Gasteiger partial charge is 0.0203 e. The van der Waals surface area contributed by atoms with Gasteiger partial charge in [0.1, 0.15) is 0 Å². The average Bonchev–Trinajstić information content (AvgIpc) is 2.74. The molecule has 0 spiro atoms. The molecule has 2 aliphatic carbocycles. The summed E-state index contributed by atoms with van der Waals surface area (Å²) in [6.07, 6.45) is 11.7. The summed E-state index contributed by atoms with van der Waals surface area (Å²) in [5, 5.41) is 5.60. The molecule has 2 heteroatoms. The largest absolute Gasteiger partial charge is 0.313 e. The van der Waals surface area contributed by atoms with Crippen molar-refractivity contribution in [1.82, 2.24) is 5.32 Å². The lowest BCUT2D eigenvalue weighted by molar-refractivity contribution is 0.390. The zero-order valence-electron chi connectivity index (χ0n) is 10.0. The van der Waals surface area contributed by atoms with Gasteiger partial charge in [0, 0.05) is 16.5 Å². The Bertz CT molecular complexity index is 175. The second-order valence-electron chi connectivity index (χ2n) is 5.03. The Balaban J connectivity index is 1.80. The number of thioether (sulfide) groups is 1. The van der Waals surface area contributed by atoms with Crippen LogP contribution in [0.2, 0.25) is 0 Å². The van der Waals surface area contributed by atoms with E-state index in [0.717, 1.165) is 23.1 Å². The Morgan fingerprint density at radius 3 is 2.40 bits per heavy atom. The Hall–Kier alpha value is 0.310. The van der Waals surface area contributed by atoms with Crippen LogP contribution in [-0.4, -0.2) is 23.1 Å². The molecule has 2 aliphatic rings. The van der Waals surface area contributed by atoms with Crippen LogP contribution < -0.4 is 5.32 Å². The molecule has 0 radical (unpaired) electrons. The summed E-state index contributed by atoms with van der Waals surface area (Å²) in [5.41, 5.74) is 0. The molecule has 1 nitrogen and oxygen atoms in total. The molecule has 0 aliphatic heterocycles. The van der Waals surface area contributed by atoms with Gasteiger partial charge in [-0.3, -0.25) is 0 Å². The van der Waals surface area contributed by atoms with E-state index in [9.17, 15) is 0 Å². The molecule has 0 aromatic carbocycles. The van der Waals surface area contributed by atoms with Gasteiger partial charge < -0.3 is 5.32 Å². The van der Waals surface area contributed by atoms with E-state index in [1.165, 1.54) is 51.4 Å². The third-order valence-electron chi connectivity index (χ3n) is 3.84. The van der Waals surface area contributed by atoms with Crippen LogP contribution in [-0.2, 0) is 0 Å². The van der Waals surface area contributed by atoms with Gasteiger partial charge in [-0.05, 0) is 32.2 Å². The minimum absolute atomic E-state index is 0.814. The van der Waals surface area contributed by atoms with Crippen LogP contribution in [0.1, 0.15) is 58.3 Å². The van der Waals surface area contributed by atoms with E-state index in [1.807, 2.05) is 0 Å². The van der Waals surface area contributed by atoms with Crippen molar-refractivity contribution in [3.05, 3.63) is 0 Å². The molecule has 0 bridgehead atoms. The summed E-state index contributed by atoms with van der Waals surface area (Å²) in [7, 11) is 0. The number of hydrogen-bond acceptors (Lipinski definition) is 2. The van der Waals surface area contributed by atoms with Crippen LogP contribution in [0.3, 0.4) is 0 Å². The second kappa shape index (κ2) is 6.15. The van der Waals surface area contributed by atoms with Crippen molar-refractivity contribution in [3.63, 3.8) is 0 Å². The normalized spacial score (nSPS) is 33.4. The summed E-state index contributed by atoms with van der Waals surface area (Å²) in [6.45, 7) is 3.39. The van der Waals surface area contributed by atoms with Gasteiger partial charge in [0.25, 0.3) is 0 Å². The summed E-state index contributed by atoms with van der Waals surface area (Å²) < 4.78 is 0. The zero-order valence-corrected chi connectivity index (χ0v) is 10.8. The second-order valence-corrected chi connectivity index (χ2v) is 6.57. The van der Waals surface area contributed by atoms with Crippen LogP contribution >= 0.6 is 11.8 Å². The fraction of sp³-hybridized carbons (Fsp3) is 1.00. The van der Waals surface area contributed by atoms with Crippen molar-refractivity contribution in [1.29, 1.82) is 0 Å². The van der Waals surface area contributed by atoms with Gasteiger partial charge in [-0.25, -0.2) is 0 Å². The molecule has 2 unspecified atom stereocenters. The molecule has 2 fully saturated rings. The van der Waals surface area contributed by atoms with Gasteiger partial charge in [0.2, 0.25) is 0 Å². The number of rotatable bonds is 4. The molecule has 88 valence electrons. The van der Waals surface area contributed by atoms with Gasteiger partial charge in [-0.1, -0.05) is 32.6 Å². The maximum Gasteiger partial charge on any atom is 0.0203 e. The lowest BCUT2D eigenvalue weighted by Crippen LogP contribution is -2.41. The van der Waals surface area contributed by atoms with Crippen molar-refractivity contribution in [2.45, 2.75) is 74.8 Å². The Labute approximate surface area is 98.8 Å². The lowest BCUT2D eigenvalue weighted by Gasteiger charge is -2.33. The third-order valence-corrected chi connectivity index (χ3v) is 5.61. The molecule has 2 atom stereocenters. The lowest BCUT2D eigenvalue weighted by atomic mass is 9.95. The van der Waals surface area contributed by atoms with Crippen molar-refractivity contribution in [2.24, 2.45) is 0 Å². The van der Waals surface area contributed by atoms with Crippen LogP contribution in [0, 0.1) is 0 Å². The first-order valence-corrected chi connectivity index (χ1v) is 7.73. The van der Waals surface area contributed by atoms with E-state index in [4.69, 9.17) is 0 Å². The fourth-order valence-corrected chi connectivity index (χ4v) is 4.85. The predicted molar refractivity (Wildman–Crippen MR) is 69.6 cm³/mol. The van der Waals surface area contributed by atoms with Gasteiger partial charge in [0.05, 0.1) is 0 Å². The fourth-order valence-electron chi connectivity index (χ4n) is 3.03. The van der Waals surface area contributed by atoms with E-state index >= 15 is 0 Å². The van der Waals surface area contributed by atoms with Gasteiger partial charge in [-0.2, -0.15) is 11.8 Å². The molecule has 0 aromatic heterocycles. The molecule has 1 N–H and O–H groups in total. The molecule has 0 aromatic rings. The molecule has 2 saturated carbocycles. The highest BCUT2D eigenvalue weighted by molar-refractivity contribution is 8.00. The highest BCUT2D eigenvalue weighted by Gasteiger charge is 2.28. The summed E-state index contributed by atoms with van der Waals surface area (Å²) in [5.74, 6) is 0. The Kier molecular flexibility index (Phi) is 4.83. The first kappa shape index (κ1) is 11.8. The van der Waals surface area contributed by atoms with Crippen molar-refractivity contribution >= 4 is 11.8 Å². The first-order valence-electron chi connectivity index (χ1n) is 6.79. The average molecular weight is 227 g/mol. The minimum Gasteiger partial charge on any atom is -0.313 e. The SMILES string of the molecule is CCNC1CCCCC1SC1CCCC1. The number of hydrogen-bond donors (Lipinski definition) is 1. The molecule has 15 heavy (non-hydrogen) atoms. The van der Waals surface area contributed by atoms with Gasteiger partial charge >= 0.3 is 0 Å². The topological polar surface area (TPSA) is 12.0 Å². The van der Waals surface area contributed by atoms with E-state index in [2.05, 4.69) is 24.0 Å². The maximum atomic E-state index is 3.69. The molecular weight excluding hydrogens is 202 g/mol. The molecule has 0 heterocycles. The summed E-state index contributed by atoms with van der Waals surface area (Å²) >= 11 is 2.31. The molecule has 2 rings (SSSR count). The maximum absolute atomic E-state index is 3.69. The molecular formula is C13H25NS. The van der Waals surface area contributed by atoms with Crippen LogP contribution in [0.15, 0.2) is 0 Å². The monoisotopic (exact) mass is 227 g/mol. The van der Waals surface area contributed by atoms with Gasteiger partial charge in [0.15, 0.2) is 0 Å².